The SMILES string of the molecule is CCC1(C)CCC(C)C(C)(CC)N1OC(C)(C)C(=O)NCCNC(=O)C(C)(C)ON1C(C)(CC)CC(=O)C(C)C1(C)CC. The lowest BCUT2D eigenvalue weighted by Gasteiger charge is -2.58. The first-order valence-electron chi connectivity index (χ1n) is 16.7. The number of carbonyl (C=O) groups is 3. The molecule has 2 aliphatic heterocycles. The molecule has 2 fully saturated rings. The molecular weight excluding hydrogens is 544 g/mol. The van der Waals surface area contributed by atoms with Crippen molar-refractivity contribution >= 4 is 17.6 Å². The van der Waals surface area contributed by atoms with Gasteiger partial charge in [0, 0.05) is 36.5 Å². The van der Waals surface area contributed by atoms with Crippen LogP contribution in [0.5, 0.6) is 0 Å². The van der Waals surface area contributed by atoms with Crippen molar-refractivity contribution in [3.05, 3.63) is 0 Å². The lowest BCUT2D eigenvalue weighted by molar-refractivity contribution is -0.338. The van der Waals surface area contributed by atoms with Gasteiger partial charge in [-0.25, -0.2) is 0 Å². The Hall–Kier alpha value is -1.55. The minimum absolute atomic E-state index is 0.157. The fourth-order valence-corrected chi connectivity index (χ4v) is 6.77. The van der Waals surface area contributed by atoms with E-state index in [1.807, 2.05) is 46.6 Å². The Bertz CT molecular complexity index is 1020. The van der Waals surface area contributed by atoms with E-state index in [9.17, 15) is 14.4 Å². The zero-order valence-corrected chi connectivity index (χ0v) is 30.0. The second-order valence-electron chi connectivity index (χ2n) is 15.2. The highest BCUT2D eigenvalue weighted by Crippen LogP contribution is 2.47. The molecule has 9 nitrogen and oxygen atoms in total. The van der Waals surface area contributed by atoms with E-state index in [0.717, 1.165) is 25.7 Å². The normalized spacial score (nSPS) is 34.7. The smallest absolute Gasteiger partial charge is 0.253 e. The minimum Gasteiger partial charge on any atom is -0.352 e. The van der Waals surface area contributed by atoms with Gasteiger partial charge in [0.1, 0.15) is 5.78 Å². The molecule has 0 aromatic carbocycles. The number of Topliss-reactive ketones (excluding diaryl/α,β-unsaturated/α-hetero) is 1. The van der Waals surface area contributed by atoms with Crippen LogP contribution in [0, 0.1) is 11.8 Å². The van der Waals surface area contributed by atoms with Gasteiger partial charge in [0.25, 0.3) is 11.8 Å². The first-order valence-corrected chi connectivity index (χ1v) is 16.7. The van der Waals surface area contributed by atoms with Crippen LogP contribution in [0.3, 0.4) is 0 Å². The Labute approximate surface area is 262 Å². The van der Waals surface area contributed by atoms with Crippen molar-refractivity contribution in [2.45, 2.75) is 175 Å². The highest BCUT2D eigenvalue weighted by Gasteiger charge is 2.56. The van der Waals surface area contributed by atoms with Gasteiger partial charge in [-0.05, 0) is 99.8 Å². The van der Waals surface area contributed by atoms with Crippen LogP contribution < -0.4 is 10.6 Å². The van der Waals surface area contributed by atoms with Gasteiger partial charge in [0.05, 0.1) is 11.1 Å². The fraction of sp³-hybridized carbons (Fsp3) is 0.912. The summed E-state index contributed by atoms with van der Waals surface area (Å²) >= 11 is 0. The molecule has 2 N–H and O–H groups in total. The predicted molar refractivity (Wildman–Crippen MR) is 172 cm³/mol. The zero-order valence-electron chi connectivity index (χ0n) is 30.0. The van der Waals surface area contributed by atoms with E-state index >= 15 is 0 Å². The number of amides is 2. The van der Waals surface area contributed by atoms with Crippen LogP contribution in [0.1, 0.15) is 142 Å². The topological polar surface area (TPSA) is 100 Å². The minimum atomic E-state index is -1.18. The molecule has 2 rings (SSSR count). The van der Waals surface area contributed by atoms with E-state index in [-0.39, 0.29) is 47.7 Å². The summed E-state index contributed by atoms with van der Waals surface area (Å²) < 4.78 is 0. The van der Waals surface area contributed by atoms with Crippen LogP contribution in [-0.4, -0.2) is 74.2 Å². The number of piperidine rings is 2. The maximum Gasteiger partial charge on any atom is 0.253 e. The molecule has 0 aromatic rings. The van der Waals surface area contributed by atoms with Gasteiger partial charge in [0.15, 0.2) is 11.2 Å². The van der Waals surface area contributed by atoms with E-state index < -0.39 is 22.3 Å². The van der Waals surface area contributed by atoms with Gasteiger partial charge in [0.2, 0.25) is 0 Å². The summed E-state index contributed by atoms with van der Waals surface area (Å²) in [6.07, 6.45) is 5.81. The molecule has 0 radical (unpaired) electrons. The van der Waals surface area contributed by atoms with Gasteiger partial charge in [-0.15, -0.1) is 0 Å². The van der Waals surface area contributed by atoms with E-state index in [4.69, 9.17) is 9.68 Å². The van der Waals surface area contributed by atoms with Crippen LogP contribution in [0.15, 0.2) is 0 Å². The summed E-state index contributed by atoms with van der Waals surface area (Å²) in [5.41, 5.74) is -3.66. The molecule has 43 heavy (non-hydrogen) atoms. The Morgan fingerprint density at radius 2 is 1.19 bits per heavy atom. The van der Waals surface area contributed by atoms with Crippen molar-refractivity contribution in [3.8, 4) is 0 Å². The number of carbonyl (C=O) groups excluding carboxylic acids is 3. The van der Waals surface area contributed by atoms with Crippen LogP contribution in [0.2, 0.25) is 0 Å². The summed E-state index contributed by atoms with van der Waals surface area (Å²) in [5, 5.41) is 9.96. The molecule has 2 saturated heterocycles. The standard InChI is InChI=1S/C34H64N4O5/c1-15-31(11)20-19-24(5)33(13,17-3)37(31)42-29(7,8)27(40)35-21-22-36-28(41)30(9,10)43-38-32(12,16-2)23-26(39)25(6)34(38,14)18-4/h24-25H,15-23H2,1-14H3,(H,35,40)(H,36,41). The molecule has 2 aliphatic rings. The molecule has 6 unspecified atom stereocenters. The van der Waals surface area contributed by atoms with Crippen molar-refractivity contribution < 1.29 is 24.1 Å². The molecule has 0 spiro atoms. The Morgan fingerprint density at radius 1 is 0.767 bits per heavy atom. The average molecular weight is 609 g/mol. The molecule has 0 aromatic heterocycles. The quantitative estimate of drug-likeness (QED) is 0.249. The number of nitrogens with zero attached hydrogens (tertiary/aromatic N) is 2. The van der Waals surface area contributed by atoms with Gasteiger partial charge in [-0.2, -0.15) is 10.1 Å². The third-order valence-corrected chi connectivity index (χ3v) is 11.4. The largest absolute Gasteiger partial charge is 0.352 e. The summed E-state index contributed by atoms with van der Waals surface area (Å²) in [6.45, 7) is 28.9. The van der Waals surface area contributed by atoms with E-state index in [1.165, 1.54) is 0 Å². The molecule has 0 saturated carbocycles. The molecule has 2 heterocycles. The Morgan fingerprint density at radius 3 is 1.58 bits per heavy atom. The van der Waals surface area contributed by atoms with E-state index in [2.05, 4.69) is 57.2 Å². The van der Waals surface area contributed by atoms with Crippen LogP contribution >= 0.6 is 0 Å². The van der Waals surface area contributed by atoms with Crippen LogP contribution in [-0.2, 0) is 24.1 Å². The lowest BCUT2D eigenvalue weighted by Crippen LogP contribution is -2.69. The second-order valence-corrected chi connectivity index (χ2v) is 15.2. The molecule has 6 atom stereocenters. The van der Waals surface area contributed by atoms with Crippen molar-refractivity contribution in [2.75, 3.05) is 13.1 Å². The molecule has 0 aliphatic carbocycles. The number of hydrogen-bond acceptors (Lipinski definition) is 7. The van der Waals surface area contributed by atoms with Gasteiger partial charge >= 0.3 is 0 Å². The summed E-state index contributed by atoms with van der Waals surface area (Å²) in [7, 11) is 0. The van der Waals surface area contributed by atoms with E-state index in [1.54, 1.807) is 13.8 Å². The summed E-state index contributed by atoms with van der Waals surface area (Å²) in [5.74, 6) is -0.0479. The number of rotatable bonds is 13. The highest BCUT2D eigenvalue weighted by atomic mass is 16.7. The van der Waals surface area contributed by atoms with Crippen molar-refractivity contribution in [2.24, 2.45) is 11.8 Å². The first-order chi connectivity index (χ1) is 19.6. The monoisotopic (exact) mass is 608 g/mol. The number of nitrogens with one attached hydrogen (secondary N) is 2. The molecular formula is C34H64N4O5. The molecule has 0 bridgehead atoms. The van der Waals surface area contributed by atoms with E-state index in [0.29, 0.717) is 25.2 Å². The Kier molecular flexibility index (Phi) is 11.8. The van der Waals surface area contributed by atoms with Gasteiger partial charge in [-0.1, -0.05) is 41.5 Å². The lowest BCUT2D eigenvalue weighted by atomic mass is 9.70. The second kappa shape index (κ2) is 13.4. The van der Waals surface area contributed by atoms with Gasteiger partial charge < -0.3 is 10.6 Å². The van der Waals surface area contributed by atoms with Crippen molar-refractivity contribution in [1.82, 2.24) is 20.8 Å². The molecule has 2 amide bonds. The number of hydroxylamine groups is 4. The van der Waals surface area contributed by atoms with Crippen LogP contribution in [0.25, 0.3) is 0 Å². The third-order valence-electron chi connectivity index (χ3n) is 11.4. The Balaban J connectivity index is 2.05. The average Bonchev–Trinajstić information content (AvgIpc) is 2.96. The third kappa shape index (κ3) is 7.31. The molecule has 9 heteroatoms. The maximum absolute atomic E-state index is 13.4. The fourth-order valence-electron chi connectivity index (χ4n) is 6.77. The summed E-state index contributed by atoms with van der Waals surface area (Å²) in [4.78, 5) is 52.7. The maximum atomic E-state index is 13.4. The number of ketones is 1. The number of hydrogen-bond donors (Lipinski definition) is 2. The predicted octanol–water partition coefficient (Wildman–Crippen LogP) is 5.96. The van der Waals surface area contributed by atoms with Crippen LogP contribution in [0.4, 0.5) is 0 Å². The summed E-state index contributed by atoms with van der Waals surface area (Å²) in [6, 6.07) is 0. The molecule has 250 valence electrons. The highest BCUT2D eigenvalue weighted by molar-refractivity contribution is 5.86. The van der Waals surface area contributed by atoms with Crippen molar-refractivity contribution in [1.29, 1.82) is 0 Å². The van der Waals surface area contributed by atoms with Gasteiger partial charge in [-0.3, -0.25) is 24.1 Å². The first kappa shape index (κ1) is 37.6. The van der Waals surface area contributed by atoms with Crippen molar-refractivity contribution in [3.63, 3.8) is 0 Å². The zero-order chi connectivity index (χ0) is 33.2.